The van der Waals surface area contributed by atoms with E-state index in [1.54, 1.807) is 6.20 Å². The lowest BCUT2D eigenvalue weighted by Crippen LogP contribution is -2.52. The first-order valence-electron chi connectivity index (χ1n) is 10.1. The van der Waals surface area contributed by atoms with Crippen molar-refractivity contribution in [3.63, 3.8) is 0 Å². The molecule has 1 saturated carbocycles. The Labute approximate surface area is 161 Å². The summed E-state index contributed by atoms with van der Waals surface area (Å²) in [4.78, 5) is 11.5. The van der Waals surface area contributed by atoms with Crippen molar-refractivity contribution in [1.29, 1.82) is 0 Å². The highest BCUT2D eigenvalue weighted by Gasteiger charge is 2.51. The van der Waals surface area contributed by atoms with Crippen molar-refractivity contribution in [2.24, 2.45) is 0 Å². The lowest BCUT2D eigenvalue weighted by Gasteiger charge is -2.43. The van der Waals surface area contributed by atoms with Crippen LogP contribution in [0.25, 0.3) is 0 Å². The molecule has 1 aliphatic heterocycles. The molecule has 2 fully saturated rings. The number of methoxy groups -OCH3 is 1. The minimum Gasteiger partial charge on any atom is -0.474 e. The molecule has 0 N–H and O–H groups in total. The van der Waals surface area contributed by atoms with Gasteiger partial charge in [0.15, 0.2) is 0 Å². The summed E-state index contributed by atoms with van der Waals surface area (Å²) in [5.74, 6) is 1.87. The van der Waals surface area contributed by atoms with Crippen LogP contribution in [0, 0.1) is 0 Å². The third kappa shape index (κ3) is 3.73. The van der Waals surface area contributed by atoms with Crippen molar-refractivity contribution in [2.45, 2.75) is 69.9 Å². The van der Waals surface area contributed by atoms with Crippen LogP contribution in [0.3, 0.4) is 0 Å². The van der Waals surface area contributed by atoms with Crippen molar-refractivity contribution in [2.75, 3.05) is 13.7 Å². The molecule has 27 heavy (non-hydrogen) atoms. The van der Waals surface area contributed by atoms with Crippen LogP contribution in [-0.2, 0) is 17.8 Å². The molecule has 6 heteroatoms. The van der Waals surface area contributed by atoms with Gasteiger partial charge in [-0.2, -0.15) is 0 Å². The zero-order chi connectivity index (χ0) is 18.7. The highest BCUT2D eigenvalue weighted by molar-refractivity contribution is 5.12. The average molecular weight is 370 g/mol. The second kappa shape index (κ2) is 7.98. The molecule has 0 spiro atoms. The Morgan fingerprint density at radius 3 is 2.93 bits per heavy atom. The van der Waals surface area contributed by atoms with E-state index in [1.165, 1.54) is 0 Å². The van der Waals surface area contributed by atoms with Gasteiger partial charge in [-0.1, -0.05) is 13.0 Å². The molecular formula is C21H30N4O2. The maximum absolute atomic E-state index is 6.18. The summed E-state index contributed by atoms with van der Waals surface area (Å²) in [6, 6.07) is 6.18. The summed E-state index contributed by atoms with van der Waals surface area (Å²) in [7, 11) is 1.87. The van der Waals surface area contributed by atoms with E-state index in [9.17, 15) is 0 Å². The van der Waals surface area contributed by atoms with Gasteiger partial charge in [0.05, 0.1) is 12.1 Å². The minimum absolute atomic E-state index is 0.0494. The zero-order valence-electron chi connectivity index (χ0n) is 16.4. The Morgan fingerprint density at radius 2 is 2.15 bits per heavy atom. The van der Waals surface area contributed by atoms with E-state index in [4.69, 9.17) is 9.47 Å². The van der Waals surface area contributed by atoms with Crippen molar-refractivity contribution in [3.05, 3.63) is 42.6 Å². The van der Waals surface area contributed by atoms with Crippen LogP contribution < -0.4 is 4.74 Å². The molecule has 0 amide bonds. The van der Waals surface area contributed by atoms with Crippen LogP contribution in [0.5, 0.6) is 5.88 Å². The molecule has 0 radical (unpaired) electrons. The monoisotopic (exact) mass is 370 g/mol. The molecule has 0 bridgehead atoms. The lowest BCUT2D eigenvalue weighted by atomic mass is 9.79. The zero-order valence-corrected chi connectivity index (χ0v) is 16.4. The van der Waals surface area contributed by atoms with E-state index in [1.807, 2.05) is 31.5 Å². The molecule has 2 aromatic heterocycles. The first-order valence-corrected chi connectivity index (χ1v) is 10.1. The summed E-state index contributed by atoms with van der Waals surface area (Å²) in [6.07, 6.45) is 11.2. The highest BCUT2D eigenvalue weighted by Crippen LogP contribution is 2.43. The van der Waals surface area contributed by atoms with Gasteiger partial charge >= 0.3 is 0 Å². The van der Waals surface area contributed by atoms with E-state index in [-0.39, 0.29) is 11.7 Å². The minimum atomic E-state index is -0.0494. The first-order chi connectivity index (χ1) is 13.2. The Balaban J connectivity index is 1.48. The van der Waals surface area contributed by atoms with Crippen molar-refractivity contribution in [1.82, 2.24) is 19.4 Å². The summed E-state index contributed by atoms with van der Waals surface area (Å²) >= 11 is 0. The number of imidazole rings is 1. The van der Waals surface area contributed by atoms with Crippen LogP contribution in [0.2, 0.25) is 0 Å². The summed E-state index contributed by atoms with van der Waals surface area (Å²) in [6.45, 7) is 5.15. The third-order valence-corrected chi connectivity index (χ3v) is 6.19. The number of fused-ring (bicyclic) bond motifs is 1. The molecule has 3 atom stereocenters. The van der Waals surface area contributed by atoms with Gasteiger partial charge in [0.1, 0.15) is 11.9 Å². The SMILES string of the molecule is CCCn1ccnc1CN1CC[C@]2(OC)CC[C@H](Oc3ccccn3)C[C@H]12. The topological polar surface area (TPSA) is 52.4 Å². The smallest absolute Gasteiger partial charge is 0.213 e. The molecule has 3 heterocycles. The number of hydrogen-bond acceptors (Lipinski definition) is 5. The molecule has 146 valence electrons. The quantitative estimate of drug-likeness (QED) is 0.749. The van der Waals surface area contributed by atoms with Gasteiger partial charge in [0.25, 0.3) is 0 Å². The van der Waals surface area contributed by atoms with Gasteiger partial charge in [-0.15, -0.1) is 0 Å². The average Bonchev–Trinajstić information content (AvgIpc) is 3.29. The molecule has 2 aromatic rings. The van der Waals surface area contributed by atoms with E-state index >= 15 is 0 Å². The number of likely N-dealkylation sites (tertiary alicyclic amines) is 1. The number of nitrogens with zero attached hydrogens (tertiary/aromatic N) is 4. The standard InChI is InChI=1S/C21H30N4O2/c1-3-12-24-14-11-22-19(24)16-25-13-9-21(26-2)8-7-17(15-18(21)25)27-20-6-4-5-10-23-20/h4-6,10-11,14,17-18H,3,7-9,12-13,15-16H2,1-2H3/t17-,18-,21+/m0/s1. The number of ether oxygens (including phenoxy) is 2. The van der Waals surface area contributed by atoms with Gasteiger partial charge in [0.2, 0.25) is 5.88 Å². The summed E-state index contributed by atoms with van der Waals surface area (Å²) < 4.78 is 14.5. The van der Waals surface area contributed by atoms with Crippen LogP contribution in [0.15, 0.2) is 36.8 Å². The fourth-order valence-electron chi connectivity index (χ4n) is 4.76. The van der Waals surface area contributed by atoms with Gasteiger partial charge in [-0.05, 0) is 31.7 Å². The van der Waals surface area contributed by atoms with Crippen LogP contribution in [-0.4, -0.2) is 50.8 Å². The molecule has 2 aliphatic rings. The predicted molar refractivity (Wildman–Crippen MR) is 104 cm³/mol. The summed E-state index contributed by atoms with van der Waals surface area (Å²) in [5, 5.41) is 0. The van der Waals surface area contributed by atoms with Gasteiger partial charge in [0, 0.05) is 57.3 Å². The Morgan fingerprint density at radius 1 is 1.22 bits per heavy atom. The van der Waals surface area contributed by atoms with E-state index in [2.05, 4.69) is 32.6 Å². The first kappa shape index (κ1) is 18.4. The van der Waals surface area contributed by atoms with Crippen LogP contribution in [0.1, 0.15) is 44.9 Å². The van der Waals surface area contributed by atoms with Crippen molar-refractivity contribution < 1.29 is 9.47 Å². The molecule has 0 aromatic carbocycles. The van der Waals surface area contributed by atoms with Crippen LogP contribution in [0.4, 0.5) is 0 Å². The maximum atomic E-state index is 6.18. The molecule has 1 saturated heterocycles. The van der Waals surface area contributed by atoms with E-state index in [0.717, 1.165) is 63.4 Å². The Kier molecular flexibility index (Phi) is 5.45. The lowest BCUT2D eigenvalue weighted by molar-refractivity contribution is -0.0846. The molecule has 0 unspecified atom stereocenters. The molecular weight excluding hydrogens is 340 g/mol. The second-order valence-corrected chi connectivity index (χ2v) is 7.72. The fraction of sp³-hybridized carbons (Fsp3) is 0.619. The number of hydrogen-bond donors (Lipinski definition) is 0. The maximum Gasteiger partial charge on any atom is 0.213 e. The molecule has 6 nitrogen and oxygen atoms in total. The second-order valence-electron chi connectivity index (χ2n) is 7.72. The van der Waals surface area contributed by atoms with Crippen molar-refractivity contribution in [3.8, 4) is 5.88 Å². The number of rotatable bonds is 7. The highest BCUT2D eigenvalue weighted by atomic mass is 16.5. The van der Waals surface area contributed by atoms with Crippen molar-refractivity contribution >= 4 is 0 Å². The van der Waals surface area contributed by atoms with E-state index < -0.39 is 0 Å². The fourth-order valence-corrected chi connectivity index (χ4v) is 4.76. The summed E-state index contributed by atoms with van der Waals surface area (Å²) in [5.41, 5.74) is -0.0494. The number of aromatic nitrogens is 3. The molecule has 4 rings (SSSR count). The van der Waals surface area contributed by atoms with Gasteiger partial charge in [-0.25, -0.2) is 9.97 Å². The Hall–Kier alpha value is -1.92. The Bertz CT molecular complexity index is 735. The van der Waals surface area contributed by atoms with Gasteiger partial charge in [-0.3, -0.25) is 4.90 Å². The van der Waals surface area contributed by atoms with Gasteiger partial charge < -0.3 is 14.0 Å². The predicted octanol–water partition coefficient (Wildman–Crippen LogP) is 3.28. The number of pyridine rings is 1. The normalized spacial score (nSPS) is 28.2. The number of aryl methyl sites for hydroxylation is 1. The molecule has 1 aliphatic carbocycles. The van der Waals surface area contributed by atoms with Crippen LogP contribution >= 0.6 is 0 Å². The van der Waals surface area contributed by atoms with E-state index in [0.29, 0.717) is 6.04 Å². The third-order valence-electron chi connectivity index (χ3n) is 6.19. The largest absolute Gasteiger partial charge is 0.474 e.